The van der Waals surface area contributed by atoms with Crippen LogP contribution in [0, 0.1) is 28.6 Å². The van der Waals surface area contributed by atoms with E-state index in [-0.39, 0.29) is 5.92 Å². The standard InChI is InChI=1S/C13H16N4/c1-3-17(9-11(2)7-14)10-12-5-4-6-16-13(12)8-15/h4-6,11H,3,9-10H2,1-2H3. The smallest absolute Gasteiger partial charge is 0.144 e. The molecule has 0 amide bonds. The van der Waals surface area contributed by atoms with Crippen LogP contribution in [0.4, 0.5) is 0 Å². The second kappa shape index (κ2) is 6.62. The molecule has 88 valence electrons. The molecule has 4 nitrogen and oxygen atoms in total. The third-order valence-electron chi connectivity index (χ3n) is 2.59. The van der Waals surface area contributed by atoms with Crippen molar-refractivity contribution in [2.24, 2.45) is 5.92 Å². The molecule has 0 bridgehead atoms. The van der Waals surface area contributed by atoms with Gasteiger partial charge in [-0.15, -0.1) is 0 Å². The van der Waals surface area contributed by atoms with Gasteiger partial charge in [-0.3, -0.25) is 4.90 Å². The Morgan fingerprint density at radius 2 is 2.24 bits per heavy atom. The molecule has 0 aromatic carbocycles. The van der Waals surface area contributed by atoms with E-state index in [0.717, 1.165) is 12.1 Å². The summed E-state index contributed by atoms with van der Waals surface area (Å²) in [6.45, 7) is 6.18. The van der Waals surface area contributed by atoms with Crippen molar-refractivity contribution < 1.29 is 0 Å². The van der Waals surface area contributed by atoms with Crippen LogP contribution in [0.2, 0.25) is 0 Å². The summed E-state index contributed by atoms with van der Waals surface area (Å²) in [7, 11) is 0. The molecule has 0 fully saturated rings. The fourth-order valence-corrected chi connectivity index (χ4v) is 1.64. The Morgan fingerprint density at radius 1 is 1.47 bits per heavy atom. The first-order valence-electron chi connectivity index (χ1n) is 5.67. The zero-order valence-electron chi connectivity index (χ0n) is 10.2. The lowest BCUT2D eigenvalue weighted by Gasteiger charge is -2.21. The fraction of sp³-hybridized carbons (Fsp3) is 0.462. The van der Waals surface area contributed by atoms with E-state index in [9.17, 15) is 0 Å². The highest BCUT2D eigenvalue weighted by Crippen LogP contribution is 2.09. The molecule has 1 rings (SSSR count). The molecule has 0 radical (unpaired) electrons. The van der Waals surface area contributed by atoms with Gasteiger partial charge in [0.05, 0.1) is 12.0 Å². The lowest BCUT2D eigenvalue weighted by molar-refractivity contribution is 0.260. The maximum atomic E-state index is 8.95. The van der Waals surface area contributed by atoms with Gasteiger partial charge in [-0.1, -0.05) is 13.0 Å². The molecule has 1 aromatic heterocycles. The summed E-state index contributed by atoms with van der Waals surface area (Å²) in [5.74, 6) is -0.00263. The van der Waals surface area contributed by atoms with Gasteiger partial charge in [0, 0.05) is 24.8 Å². The van der Waals surface area contributed by atoms with Gasteiger partial charge in [0.25, 0.3) is 0 Å². The largest absolute Gasteiger partial charge is 0.298 e. The third kappa shape index (κ3) is 3.86. The number of nitrogens with zero attached hydrogens (tertiary/aromatic N) is 4. The van der Waals surface area contributed by atoms with Crippen molar-refractivity contribution in [1.29, 1.82) is 10.5 Å². The van der Waals surface area contributed by atoms with E-state index in [0.29, 0.717) is 18.8 Å². The molecule has 1 unspecified atom stereocenters. The lowest BCUT2D eigenvalue weighted by Crippen LogP contribution is -2.28. The summed E-state index contributed by atoms with van der Waals surface area (Å²) in [6, 6.07) is 8.05. The van der Waals surface area contributed by atoms with E-state index in [1.165, 1.54) is 0 Å². The van der Waals surface area contributed by atoms with Crippen LogP contribution in [0.3, 0.4) is 0 Å². The summed E-state index contributed by atoms with van der Waals surface area (Å²) < 4.78 is 0. The van der Waals surface area contributed by atoms with Gasteiger partial charge in [-0.25, -0.2) is 4.98 Å². The molecular weight excluding hydrogens is 212 g/mol. The first kappa shape index (κ1) is 13.2. The highest BCUT2D eigenvalue weighted by atomic mass is 15.1. The van der Waals surface area contributed by atoms with Crippen LogP contribution in [0.25, 0.3) is 0 Å². The van der Waals surface area contributed by atoms with Crippen molar-refractivity contribution >= 4 is 0 Å². The van der Waals surface area contributed by atoms with Crippen molar-refractivity contribution in [2.45, 2.75) is 20.4 Å². The molecule has 1 heterocycles. The normalized spacial score (nSPS) is 11.8. The van der Waals surface area contributed by atoms with E-state index in [1.807, 2.05) is 26.0 Å². The number of rotatable bonds is 5. The minimum atomic E-state index is -0.00263. The van der Waals surface area contributed by atoms with Crippen LogP contribution >= 0.6 is 0 Å². The number of nitriles is 2. The third-order valence-corrected chi connectivity index (χ3v) is 2.59. The maximum Gasteiger partial charge on any atom is 0.144 e. The Labute approximate surface area is 102 Å². The Balaban J connectivity index is 2.75. The Morgan fingerprint density at radius 3 is 2.82 bits per heavy atom. The predicted molar refractivity (Wildman–Crippen MR) is 64.7 cm³/mol. The molecule has 1 atom stereocenters. The van der Waals surface area contributed by atoms with E-state index < -0.39 is 0 Å². The minimum Gasteiger partial charge on any atom is -0.298 e. The van der Waals surface area contributed by atoms with Crippen LogP contribution in [-0.2, 0) is 6.54 Å². The Kier molecular flexibility index (Phi) is 5.13. The average Bonchev–Trinajstić information content (AvgIpc) is 2.38. The molecule has 1 aromatic rings. The van der Waals surface area contributed by atoms with Crippen molar-refractivity contribution in [1.82, 2.24) is 9.88 Å². The molecule has 0 N–H and O–H groups in total. The highest BCUT2D eigenvalue weighted by Gasteiger charge is 2.11. The monoisotopic (exact) mass is 228 g/mol. The van der Waals surface area contributed by atoms with Gasteiger partial charge < -0.3 is 0 Å². The van der Waals surface area contributed by atoms with Crippen LogP contribution in [0.5, 0.6) is 0 Å². The predicted octanol–water partition coefficient (Wildman–Crippen LogP) is 1.93. The molecule has 0 aliphatic heterocycles. The molecule has 17 heavy (non-hydrogen) atoms. The van der Waals surface area contributed by atoms with E-state index >= 15 is 0 Å². The Hall–Kier alpha value is -1.91. The van der Waals surface area contributed by atoms with Crippen molar-refractivity contribution in [3.05, 3.63) is 29.6 Å². The number of pyridine rings is 1. The summed E-state index contributed by atoms with van der Waals surface area (Å²) >= 11 is 0. The van der Waals surface area contributed by atoms with E-state index in [1.54, 1.807) is 6.20 Å². The lowest BCUT2D eigenvalue weighted by atomic mass is 10.1. The highest BCUT2D eigenvalue weighted by molar-refractivity contribution is 5.30. The van der Waals surface area contributed by atoms with Gasteiger partial charge >= 0.3 is 0 Å². The summed E-state index contributed by atoms with van der Waals surface area (Å²) in [5.41, 5.74) is 1.39. The molecule has 4 heteroatoms. The van der Waals surface area contributed by atoms with Crippen LogP contribution in [0.15, 0.2) is 18.3 Å². The molecule has 0 aliphatic carbocycles. The molecule has 0 aliphatic rings. The molecular formula is C13H16N4. The average molecular weight is 228 g/mol. The molecule has 0 saturated heterocycles. The topological polar surface area (TPSA) is 63.7 Å². The van der Waals surface area contributed by atoms with E-state index in [2.05, 4.69) is 22.0 Å². The van der Waals surface area contributed by atoms with Crippen LogP contribution in [-0.4, -0.2) is 23.0 Å². The second-order valence-electron chi connectivity index (χ2n) is 3.98. The van der Waals surface area contributed by atoms with Crippen molar-refractivity contribution in [2.75, 3.05) is 13.1 Å². The van der Waals surface area contributed by atoms with Gasteiger partial charge in [0.2, 0.25) is 0 Å². The minimum absolute atomic E-state index is 0.00263. The fourth-order valence-electron chi connectivity index (χ4n) is 1.64. The van der Waals surface area contributed by atoms with Crippen LogP contribution < -0.4 is 0 Å². The van der Waals surface area contributed by atoms with Crippen molar-refractivity contribution in [3.63, 3.8) is 0 Å². The van der Waals surface area contributed by atoms with Gasteiger partial charge in [0.1, 0.15) is 11.8 Å². The summed E-state index contributed by atoms with van der Waals surface area (Å²) in [6.07, 6.45) is 1.62. The molecule has 0 saturated carbocycles. The summed E-state index contributed by atoms with van der Waals surface area (Å²) in [5, 5.41) is 17.8. The number of aromatic nitrogens is 1. The quantitative estimate of drug-likeness (QED) is 0.772. The summed E-state index contributed by atoms with van der Waals surface area (Å²) in [4.78, 5) is 6.18. The maximum absolute atomic E-state index is 8.95. The number of hydrogen-bond donors (Lipinski definition) is 0. The SMILES string of the molecule is CCN(Cc1cccnc1C#N)CC(C)C#N. The van der Waals surface area contributed by atoms with Gasteiger partial charge in [0.15, 0.2) is 0 Å². The van der Waals surface area contributed by atoms with Gasteiger partial charge in [-0.05, 0) is 19.5 Å². The van der Waals surface area contributed by atoms with Crippen LogP contribution in [0.1, 0.15) is 25.1 Å². The Bertz CT molecular complexity index is 441. The van der Waals surface area contributed by atoms with E-state index in [4.69, 9.17) is 10.5 Å². The van der Waals surface area contributed by atoms with Gasteiger partial charge in [-0.2, -0.15) is 10.5 Å². The van der Waals surface area contributed by atoms with Crippen molar-refractivity contribution in [3.8, 4) is 12.1 Å². The number of hydrogen-bond acceptors (Lipinski definition) is 4. The second-order valence-corrected chi connectivity index (χ2v) is 3.98. The first-order valence-corrected chi connectivity index (χ1v) is 5.67. The zero-order chi connectivity index (χ0) is 12.7. The first-order chi connectivity index (χ1) is 8.21. The zero-order valence-corrected chi connectivity index (χ0v) is 10.2. The molecule has 0 spiro atoms.